The van der Waals surface area contributed by atoms with E-state index in [1.807, 2.05) is 0 Å². The second-order valence-electron chi connectivity index (χ2n) is 4.33. The van der Waals surface area contributed by atoms with Crippen molar-refractivity contribution in [3.05, 3.63) is 34.9 Å². The normalized spacial score (nSPS) is 18.0. The maximum Gasteiger partial charge on any atom is 0.249 e. The number of carbonyl (C=O) groups excluding carboxylic acids is 2. The summed E-state index contributed by atoms with van der Waals surface area (Å²) in [5, 5.41) is 8.23. The first-order chi connectivity index (χ1) is 9.56. The summed E-state index contributed by atoms with van der Waals surface area (Å²) in [5.41, 5.74) is 6.12. The van der Waals surface area contributed by atoms with E-state index in [1.54, 1.807) is 31.2 Å². The van der Waals surface area contributed by atoms with Gasteiger partial charge in [0.2, 0.25) is 11.8 Å². The van der Waals surface area contributed by atoms with Gasteiger partial charge in [0.05, 0.1) is 12.1 Å². The third kappa shape index (κ3) is 3.64. The lowest BCUT2D eigenvalue weighted by atomic mass is 10.0. The molecule has 1 atom stereocenters. The highest BCUT2D eigenvalue weighted by Crippen LogP contribution is 2.11. The number of benzene rings is 1. The van der Waals surface area contributed by atoms with Crippen molar-refractivity contribution in [2.45, 2.75) is 13.3 Å². The first kappa shape index (κ1) is 14.2. The van der Waals surface area contributed by atoms with Crippen LogP contribution in [0.1, 0.15) is 18.9 Å². The Morgan fingerprint density at radius 2 is 2.20 bits per heavy atom. The van der Waals surface area contributed by atoms with Gasteiger partial charge in [0, 0.05) is 17.2 Å². The van der Waals surface area contributed by atoms with Crippen molar-refractivity contribution in [3.8, 4) is 0 Å². The van der Waals surface area contributed by atoms with Crippen LogP contribution in [0.4, 0.5) is 0 Å². The average Bonchev–Trinajstić information content (AvgIpc) is 2.73. The van der Waals surface area contributed by atoms with Crippen molar-refractivity contribution < 1.29 is 9.59 Å². The molecule has 0 spiro atoms. The third-order valence-corrected chi connectivity index (χ3v) is 3.08. The minimum atomic E-state index is -0.513. The van der Waals surface area contributed by atoms with E-state index in [4.69, 9.17) is 11.6 Å². The minimum Gasteiger partial charge on any atom is -0.273 e. The lowest BCUT2D eigenvalue weighted by molar-refractivity contribution is -0.127. The van der Waals surface area contributed by atoms with Gasteiger partial charge in [-0.1, -0.05) is 23.7 Å². The number of hydrogen-bond acceptors (Lipinski definition) is 4. The van der Waals surface area contributed by atoms with Crippen molar-refractivity contribution in [2.75, 3.05) is 0 Å². The Morgan fingerprint density at radius 1 is 1.50 bits per heavy atom. The van der Waals surface area contributed by atoms with Crippen molar-refractivity contribution in [1.82, 2.24) is 10.9 Å². The molecular formula is C13H13ClN4O2. The van der Waals surface area contributed by atoms with Crippen LogP contribution in [0.3, 0.4) is 0 Å². The van der Waals surface area contributed by atoms with Gasteiger partial charge in [0.25, 0.3) is 0 Å². The van der Waals surface area contributed by atoms with Gasteiger partial charge in [0.1, 0.15) is 0 Å². The predicted molar refractivity (Wildman–Crippen MR) is 76.5 cm³/mol. The minimum absolute atomic E-state index is 0.0269. The summed E-state index contributed by atoms with van der Waals surface area (Å²) in [5.74, 6) is -1.12. The highest BCUT2D eigenvalue weighted by atomic mass is 35.5. The Hall–Kier alpha value is -2.21. The summed E-state index contributed by atoms with van der Waals surface area (Å²) in [6, 6.07) is 7.01. The molecule has 0 aromatic heterocycles. The Kier molecular flexibility index (Phi) is 4.47. The summed E-state index contributed by atoms with van der Waals surface area (Å²) < 4.78 is 0. The Labute approximate surface area is 120 Å². The van der Waals surface area contributed by atoms with Gasteiger partial charge in [-0.15, -0.1) is 0 Å². The monoisotopic (exact) mass is 292 g/mol. The molecule has 1 aliphatic rings. The largest absolute Gasteiger partial charge is 0.273 e. The fourth-order valence-corrected chi connectivity index (χ4v) is 1.81. The van der Waals surface area contributed by atoms with E-state index < -0.39 is 5.92 Å². The number of hydrogen-bond donors (Lipinski definition) is 2. The summed E-state index contributed by atoms with van der Waals surface area (Å²) in [4.78, 5) is 23.0. The van der Waals surface area contributed by atoms with E-state index in [9.17, 15) is 9.59 Å². The number of amides is 2. The molecular weight excluding hydrogens is 280 g/mol. The Morgan fingerprint density at radius 3 is 2.80 bits per heavy atom. The van der Waals surface area contributed by atoms with Crippen LogP contribution in [0.5, 0.6) is 0 Å². The number of rotatable bonds is 4. The van der Waals surface area contributed by atoms with Gasteiger partial charge in [-0.2, -0.15) is 10.2 Å². The van der Waals surface area contributed by atoms with Crippen LogP contribution >= 0.6 is 11.6 Å². The van der Waals surface area contributed by atoms with E-state index in [2.05, 4.69) is 21.1 Å². The van der Waals surface area contributed by atoms with Crippen molar-refractivity contribution in [3.63, 3.8) is 0 Å². The molecule has 2 N–H and O–H groups in total. The number of nitrogens with zero attached hydrogens (tertiary/aromatic N) is 2. The molecule has 7 heteroatoms. The second-order valence-corrected chi connectivity index (χ2v) is 4.77. The molecule has 0 saturated heterocycles. The van der Waals surface area contributed by atoms with Crippen molar-refractivity contribution >= 4 is 35.3 Å². The highest BCUT2D eigenvalue weighted by molar-refractivity contribution is 6.30. The maximum atomic E-state index is 11.7. The zero-order valence-corrected chi connectivity index (χ0v) is 11.5. The zero-order chi connectivity index (χ0) is 14.5. The van der Waals surface area contributed by atoms with Crippen LogP contribution in [0.2, 0.25) is 5.02 Å². The van der Waals surface area contributed by atoms with Crippen LogP contribution in [0.25, 0.3) is 0 Å². The molecule has 0 bridgehead atoms. The van der Waals surface area contributed by atoms with Gasteiger partial charge in [0.15, 0.2) is 0 Å². The molecule has 2 amide bonds. The summed E-state index contributed by atoms with van der Waals surface area (Å²) in [7, 11) is 0. The van der Waals surface area contributed by atoms with Crippen molar-refractivity contribution in [2.24, 2.45) is 16.1 Å². The molecule has 2 rings (SSSR count). The summed E-state index contributed by atoms with van der Waals surface area (Å²) in [6.45, 7) is 1.70. The van der Waals surface area contributed by atoms with Gasteiger partial charge < -0.3 is 0 Å². The molecule has 0 fully saturated rings. The van der Waals surface area contributed by atoms with E-state index in [0.717, 1.165) is 5.56 Å². The van der Waals surface area contributed by atoms with Crippen LogP contribution in [0, 0.1) is 5.92 Å². The fraction of sp³-hybridized carbons (Fsp3) is 0.231. The Bertz CT molecular complexity index is 581. The van der Waals surface area contributed by atoms with Gasteiger partial charge in [-0.05, 0) is 24.6 Å². The van der Waals surface area contributed by atoms with Gasteiger partial charge in [-0.3, -0.25) is 9.59 Å². The molecule has 104 valence electrons. The molecule has 1 heterocycles. The summed E-state index contributed by atoms with van der Waals surface area (Å²) >= 11 is 5.76. The van der Waals surface area contributed by atoms with Crippen LogP contribution < -0.4 is 10.9 Å². The van der Waals surface area contributed by atoms with Crippen LogP contribution in [0.15, 0.2) is 34.5 Å². The molecule has 20 heavy (non-hydrogen) atoms. The first-order valence-electron chi connectivity index (χ1n) is 5.98. The number of halogens is 1. The number of hydrazone groups is 2. The van der Waals surface area contributed by atoms with E-state index in [1.165, 1.54) is 6.21 Å². The SMILES string of the molecule is CC1=NNC(=O)[C@@H]1CC(=O)N/N=C\c1ccc(Cl)cc1. The third-order valence-electron chi connectivity index (χ3n) is 2.83. The second kappa shape index (κ2) is 6.29. The lowest BCUT2D eigenvalue weighted by Gasteiger charge is -2.05. The fourth-order valence-electron chi connectivity index (χ4n) is 1.69. The smallest absolute Gasteiger partial charge is 0.249 e. The average molecular weight is 293 g/mol. The van der Waals surface area contributed by atoms with Gasteiger partial charge >= 0.3 is 0 Å². The van der Waals surface area contributed by atoms with Crippen molar-refractivity contribution in [1.29, 1.82) is 0 Å². The quantitative estimate of drug-likeness (QED) is 0.648. The summed E-state index contributed by atoms with van der Waals surface area (Å²) in [6.07, 6.45) is 1.53. The standard InChI is InChI=1S/C13H13ClN4O2/c1-8-11(13(20)18-16-8)6-12(19)17-15-7-9-2-4-10(14)5-3-9/h2-5,7,11H,6H2,1H3,(H,17,19)(H,18,20)/b15-7-/t11-/m1/s1. The topological polar surface area (TPSA) is 82.9 Å². The van der Waals surface area contributed by atoms with E-state index >= 15 is 0 Å². The highest BCUT2D eigenvalue weighted by Gasteiger charge is 2.28. The van der Waals surface area contributed by atoms with Crippen LogP contribution in [-0.4, -0.2) is 23.7 Å². The van der Waals surface area contributed by atoms with E-state index in [0.29, 0.717) is 10.7 Å². The number of carbonyl (C=O) groups is 2. The molecule has 0 unspecified atom stereocenters. The molecule has 0 aliphatic carbocycles. The molecule has 1 aliphatic heterocycles. The first-order valence-corrected chi connectivity index (χ1v) is 6.35. The maximum absolute atomic E-state index is 11.7. The Balaban J connectivity index is 1.85. The van der Waals surface area contributed by atoms with Gasteiger partial charge in [-0.25, -0.2) is 10.9 Å². The molecule has 6 nitrogen and oxygen atoms in total. The predicted octanol–water partition coefficient (Wildman–Crippen LogP) is 1.30. The number of nitrogens with one attached hydrogen (secondary N) is 2. The van der Waals surface area contributed by atoms with E-state index in [-0.39, 0.29) is 18.2 Å². The molecule has 0 radical (unpaired) electrons. The molecule has 1 aromatic carbocycles. The molecule has 0 saturated carbocycles. The molecule has 1 aromatic rings. The van der Waals surface area contributed by atoms with Crippen LogP contribution in [-0.2, 0) is 9.59 Å². The lowest BCUT2D eigenvalue weighted by Crippen LogP contribution is -2.29. The zero-order valence-electron chi connectivity index (χ0n) is 10.8.